The first-order valence-corrected chi connectivity index (χ1v) is 7.01. The Balaban J connectivity index is 2.15. The summed E-state index contributed by atoms with van der Waals surface area (Å²) in [5, 5.41) is 3.57. The fourth-order valence-electron chi connectivity index (χ4n) is 2.61. The second kappa shape index (κ2) is 4.99. The summed E-state index contributed by atoms with van der Waals surface area (Å²) >= 11 is 3.63. The molecule has 0 bridgehead atoms. The maximum absolute atomic E-state index is 3.63. The molecule has 0 amide bonds. The molecule has 2 rings (SSSR count). The molecule has 1 aliphatic heterocycles. The number of benzene rings is 1. The maximum atomic E-state index is 3.63. The number of rotatable bonds is 2. The monoisotopic (exact) mass is 296 g/mol. The van der Waals surface area contributed by atoms with E-state index in [0.717, 1.165) is 6.54 Å². The Kier molecular flexibility index (Phi) is 3.79. The van der Waals surface area contributed by atoms with E-state index in [9.17, 15) is 0 Å². The third-order valence-corrected chi connectivity index (χ3v) is 4.28. The molecule has 0 radical (unpaired) electrons. The van der Waals surface area contributed by atoms with Gasteiger partial charge < -0.3 is 10.2 Å². The quantitative estimate of drug-likeness (QED) is 0.900. The van der Waals surface area contributed by atoms with E-state index >= 15 is 0 Å². The Morgan fingerprint density at radius 3 is 2.71 bits per heavy atom. The molecule has 0 aliphatic carbocycles. The first-order chi connectivity index (χ1) is 7.99. The molecule has 17 heavy (non-hydrogen) atoms. The molecule has 1 saturated heterocycles. The molecule has 1 N–H and O–H groups in total. The summed E-state index contributed by atoms with van der Waals surface area (Å²) in [6.07, 6.45) is 2.39. The van der Waals surface area contributed by atoms with Crippen LogP contribution in [0.5, 0.6) is 0 Å². The minimum Gasteiger partial charge on any atom is -0.371 e. The number of piperidine rings is 1. The summed E-state index contributed by atoms with van der Waals surface area (Å²) < 4.78 is 1.18. The van der Waals surface area contributed by atoms with Crippen molar-refractivity contribution < 1.29 is 0 Å². The van der Waals surface area contributed by atoms with Crippen molar-refractivity contribution in [2.24, 2.45) is 0 Å². The molecule has 1 aromatic rings. The van der Waals surface area contributed by atoms with Gasteiger partial charge in [0.1, 0.15) is 0 Å². The number of hydrogen-bond acceptors (Lipinski definition) is 2. The Bertz CT molecular complexity index is 390. The van der Waals surface area contributed by atoms with Crippen molar-refractivity contribution in [2.75, 3.05) is 18.5 Å². The first-order valence-electron chi connectivity index (χ1n) is 6.22. The molecule has 1 unspecified atom stereocenters. The maximum Gasteiger partial charge on any atom is 0.0510 e. The van der Waals surface area contributed by atoms with Gasteiger partial charge in [-0.2, -0.15) is 0 Å². The molecular formula is C14H21BrN2. The van der Waals surface area contributed by atoms with Gasteiger partial charge in [-0.25, -0.2) is 0 Å². The van der Waals surface area contributed by atoms with E-state index in [-0.39, 0.29) is 5.54 Å². The number of anilines is 1. The van der Waals surface area contributed by atoms with Crippen LogP contribution in [0, 0.1) is 0 Å². The van der Waals surface area contributed by atoms with Crippen LogP contribution in [0.3, 0.4) is 0 Å². The Morgan fingerprint density at radius 1 is 1.35 bits per heavy atom. The van der Waals surface area contributed by atoms with E-state index in [1.54, 1.807) is 0 Å². The number of halogens is 1. The molecule has 1 aliphatic rings. The van der Waals surface area contributed by atoms with Gasteiger partial charge >= 0.3 is 0 Å². The van der Waals surface area contributed by atoms with Gasteiger partial charge in [-0.05, 0) is 61.3 Å². The SMILES string of the molecule is CN(c1ccccc1Br)C1CCNC(C)(C)C1. The Labute approximate surface area is 113 Å². The normalized spacial score (nSPS) is 23.4. The summed E-state index contributed by atoms with van der Waals surface area (Å²) in [6.45, 7) is 5.67. The molecule has 0 aromatic heterocycles. The lowest BCUT2D eigenvalue weighted by atomic mass is 9.88. The van der Waals surface area contributed by atoms with Gasteiger partial charge in [0.2, 0.25) is 0 Å². The highest BCUT2D eigenvalue weighted by molar-refractivity contribution is 9.10. The lowest BCUT2D eigenvalue weighted by molar-refractivity contribution is 0.271. The number of nitrogens with zero attached hydrogens (tertiary/aromatic N) is 1. The summed E-state index contributed by atoms with van der Waals surface area (Å²) in [7, 11) is 2.20. The topological polar surface area (TPSA) is 15.3 Å². The van der Waals surface area contributed by atoms with E-state index in [1.807, 2.05) is 0 Å². The van der Waals surface area contributed by atoms with Gasteiger partial charge in [0.05, 0.1) is 5.69 Å². The van der Waals surface area contributed by atoms with Crippen molar-refractivity contribution in [1.29, 1.82) is 0 Å². The van der Waals surface area contributed by atoms with Crippen molar-refractivity contribution >= 4 is 21.6 Å². The second-order valence-electron chi connectivity index (χ2n) is 5.52. The molecular weight excluding hydrogens is 276 g/mol. The molecule has 1 atom stereocenters. The van der Waals surface area contributed by atoms with Gasteiger partial charge in [-0.15, -0.1) is 0 Å². The predicted molar refractivity (Wildman–Crippen MR) is 77.6 cm³/mol. The number of para-hydroxylation sites is 1. The van der Waals surface area contributed by atoms with Crippen LogP contribution in [0.25, 0.3) is 0 Å². The fraction of sp³-hybridized carbons (Fsp3) is 0.571. The molecule has 1 fully saturated rings. The van der Waals surface area contributed by atoms with E-state index in [0.29, 0.717) is 6.04 Å². The lowest BCUT2D eigenvalue weighted by Crippen LogP contribution is -2.52. The van der Waals surface area contributed by atoms with Crippen molar-refractivity contribution in [3.8, 4) is 0 Å². The predicted octanol–water partition coefficient (Wildman–Crippen LogP) is 3.42. The van der Waals surface area contributed by atoms with Crippen LogP contribution in [-0.2, 0) is 0 Å². The molecule has 1 heterocycles. The molecule has 0 spiro atoms. The van der Waals surface area contributed by atoms with Crippen LogP contribution in [0.4, 0.5) is 5.69 Å². The van der Waals surface area contributed by atoms with Gasteiger partial charge in [-0.1, -0.05) is 12.1 Å². The summed E-state index contributed by atoms with van der Waals surface area (Å²) in [5.41, 5.74) is 1.54. The summed E-state index contributed by atoms with van der Waals surface area (Å²) in [6, 6.07) is 9.07. The highest BCUT2D eigenvalue weighted by Crippen LogP contribution is 2.30. The van der Waals surface area contributed by atoms with Crippen LogP contribution in [0.1, 0.15) is 26.7 Å². The van der Waals surface area contributed by atoms with Crippen molar-refractivity contribution in [3.63, 3.8) is 0 Å². The smallest absolute Gasteiger partial charge is 0.0510 e. The fourth-order valence-corrected chi connectivity index (χ4v) is 3.17. The summed E-state index contributed by atoms with van der Waals surface area (Å²) in [5.74, 6) is 0. The minimum absolute atomic E-state index is 0.248. The van der Waals surface area contributed by atoms with Crippen LogP contribution in [-0.4, -0.2) is 25.2 Å². The zero-order valence-electron chi connectivity index (χ0n) is 10.8. The van der Waals surface area contributed by atoms with Crippen LogP contribution in [0.2, 0.25) is 0 Å². The Hall–Kier alpha value is -0.540. The van der Waals surface area contributed by atoms with Gasteiger partial charge in [0, 0.05) is 23.1 Å². The molecule has 1 aromatic carbocycles. The number of hydrogen-bond donors (Lipinski definition) is 1. The third kappa shape index (κ3) is 3.02. The zero-order chi connectivity index (χ0) is 12.5. The van der Waals surface area contributed by atoms with Crippen LogP contribution in [0.15, 0.2) is 28.7 Å². The summed E-state index contributed by atoms with van der Waals surface area (Å²) in [4.78, 5) is 2.41. The van der Waals surface area contributed by atoms with E-state index in [4.69, 9.17) is 0 Å². The first kappa shape index (κ1) is 12.9. The van der Waals surface area contributed by atoms with Gasteiger partial charge in [0.25, 0.3) is 0 Å². The highest BCUT2D eigenvalue weighted by atomic mass is 79.9. The zero-order valence-corrected chi connectivity index (χ0v) is 12.4. The molecule has 0 saturated carbocycles. The van der Waals surface area contributed by atoms with Crippen molar-refractivity contribution in [1.82, 2.24) is 5.32 Å². The Morgan fingerprint density at radius 2 is 2.06 bits per heavy atom. The standard InChI is InChI=1S/C14H21BrN2/c1-14(2)10-11(8-9-16-14)17(3)13-7-5-4-6-12(13)15/h4-7,11,16H,8-10H2,1-3H3. The second-order valence-corrected chi connectivity index (χ2v) is 6.37. The molecule has 94 valence electrons. The van der Waals surface area contributed by atoms with E-state index in [2.05, 4.69) is 71.3 Å². The third-order valence-electron chi connectivity index (χ3n) is 3.61. The largest absolute Gasteiger partial charge is 0.371 e. The minimum atomic E-state index is 0.248. The van der Waals surface area contributed by atoms with Crippen LogP contribution < -0.4 is 10.2 Å². The molecule has 2 nitrogen and oxygen atoms in total. The average Bonchev–Trinajstić information content (AvgIpc) is 2.27. The van der Waals surface area contributed by atoms with Gasteiger partial charge in [0.15, 0.2) is 0 Å². The lowest BCUT2D eigenvalue weighted by Gasteiger charge is -2.41. The van der Waals surface area contributed by atoms with Crippen molar-refractivity contribution in [3.05, 3.63) is 28.7 Å². The van der Waals surface area contributed by atoms with Crippen LogP contribution >= 0.6 is 15.9 Å². The highest BCUT2D eigenvalue weighted by Gasteiger charge is 2.30. The molecule has 3 heteroatoms. The average molecular weight is 297 g/mol. The van der Waals surface area contributed by atoms with Crippen molar-refractivity contribution in [2.45, 2.75) is 38.3 Å². The van der Waals surface area contributed by atoms with E-state index < -0.39 is 0 Å². The number of nitrogens with one attached hydrogen (secondary N) is 1. The van der Waals surface area contributed by atoms with E-state index in [1.165, 1.54) is 23.0 Å². The van der Waals surface area contributed by atoms with Gasteiger partial charge in [-0.3, -0.25) is 0 Å².